The van der Waals surface area contributed by atoms with Gasteiger partial charge in [0, 0.05) is 19.2 Å². The number of hydrogen-bond donors (Lipinski definition) is 1. The van der Waals surface area contributed by atoms with Crippen molar-refractivity contribution in [2.24, 2.45) is 0 Å². The highest BCUT2D eigenvalue weighted by atomic mass is 16.5. The number of nitrogens with one attached hydrogen (secondary N) is 1. The van der Waals surface area contributed by atoms with Gasteiger partial charge in [-0.05, 0) is 35.6 Å². The molecule has 0 aliphatic carbocycles. The zero-order valence-electron chi connectivity index (χ0n) is 16.1. The number of carbonyl (C=O) groups excluding carboxylic acids is 3. The number of likely N-dealkylation sites (N-methyl/N-ethyl adjacent to an activating group) is 1. The van der Waals surface area contributed by atoms with Crippen molar-refractivity contribution < 1.29 is 19.1 Å². The van der Waals surface area contributed by atoms with Gasteiger partial charge in [0.25, 0.3) is 0 Å². The first-order valence-electron chi connectivity index (χ1n) is 9.29. The second kappa shape index (κ2) is 8.69. The molecule has 2 aromatic rings. The van der Waals surface area contributed by atoms with Gasteiger partial charge >= 0.3 is 5.97 Å². The summed E-state index contributed by atoms with van der Waals surface area (Å²) < 4.78 is 4.90. The largest absolute Gasteiger partial charge is 0.467 e. The van der Waals surface area contributed by atoms with E-state index < -0.39 is 12.0 Å². The Bertz CT molecular complexity index is 879. The number of hydrogen-bond acceptors (Lipinski definition) is 4. The van der Waals surface area contributed by atoms with Crippen LogP contribution in [0.2, 0.25) is 0 Å². The minimum Gasteiger partial charge on any atom is -0.467 e. The Morgan fingerprint density at radius 3 is 2.64 bits per heavy atom. The Morgan fingerprint density at radius 1 is 1.18 bits per heavy atom. The average Bonchev–Trinajstić information content (AvgIpc) is 3.08. The van der Waals surface area contributed by atoms with Crippen LogP contribution in [0.25, 0.3) is 0 Å². The van der Waals surface area contributed by atoms with Gasteiger partial charge in [-0.1, -0.05) is 42.5 Å². The quantitative estimate of drug-likeness (QED) is 0.750. The van der Waals surface area contributed by atoms with Gasteiger partial charge in [0.15, 0.2) is 6.04 Å². The normalized spacial score (nSPS) is 13.4. The average molecular weight is 380 g/mol. The number of fused-ring (bicyclic) bond motifs is 1. The van der Waals surface area contributed by atoms with Crippen LogP contribution in [0.5, 0.6) is 0 Å². The van der Waals surface area contributed by atoms with E-state index >= 15 is 0 Å². The predicted molar refractivity (Wildman–Crippen MR) is 106 cm³/mol. The predicted octanol–water partition coefficient (Wildman–Crippen LogP) is 2.88. The summed E-state index contributed by atoms with van der Waals surface area (Å²) in [7, 11) is 2.95. The topological polar surface area (TPSA) is 75.7 Å². The van der Waals surface area contributed by atoms with Crippen molar-refractivity contribution in [1.29, 1.82) is 0 Å². The van der Waals surface area contributed by atoms with Crippen molar-refractivity contribution in [2.45, 2.75) is 31.7 Å². The van der Waals surface area contributed by atoms with Gasteiger partial charge in [-0.3, -0.25) is 9.59 Å². The van der Waals surface area contributed by atoms with Gasteiger partial charge < -0.3 is 15.0 Å². The molecule has 0 saturated heterocycles. The molecule has 0 radical (unpaired) electrons. The highest BCUT2D eigenvalue weighted by molar-refractivity contribution is 5.99. The molecule has 0 fully saturated rings. The Morgan fingerprint density at radius 2 is 1.93 bits per heavy atom. The summed E-state index contributed by atoms with van der Waals surface area (Å²) in [4.78, 5) is 37.8. The lowest BCUT2D eigenvalue weighted by Crippen LogP contribution is -2.36. The number of carbonyl (C=O) groups is 3. The Balaban J connectivity index is 1.60. The maximum Gasteiger partial charge on any atom is 0.333 e. The van der Waals surface area contributed by atoms with E-state index in [0.29, 0.717) is 19.3 Å². The second-order valence-corrected chi connectivity index (χ2v) is 6.91. The molecule has 6 heteroatoms. The summed E-state index contributed by atoms with van der Waals surface area (Å²) in [6, 6.07) is 14.3. The van der Waals surface area contributed by atoms with E-state index in [2.05, 4.69) is 5.32 Å². The molecule has 0 saturated carbocycles. The number of aryl methyl sites for hydroxylation is 1. The number of nitrogens with zero attached hydrogens (tertiary/aromatic N) is 1. The maximum absolute atomic E-state index is 12.7. The SMILES string of the molecule is COC(=O)C(c1ccccc1)N(C)C(=O)CCCc1ccc2c(c1)CC(=O)N2. The molecule has 0 aromatic heterocycles. The van der Waals surface area contributed by atoms with E-state index in [1.807, 2.05) is 48.5 Å². The summed E-state index contributed by atoms with van der Waals surface area (Å²) >= 11 is 0. The van der Waals surface area contributed by atoms with Crippen molar-refractivity contribution in [1.82, 2.24) is 4.90 Å². The van der Waals surface area contributed by atoms with Gasteiger partial charge in [0.1, 0.15) is 0 Å². The molecule has 0 spiro atoms. The summed E-state index contributed by atoms with van der Waals surface area (Å²) in [5.74, 6) is -0.561. The van der Waals surface area contributed by atoms with Crippen LogP contribution in [0.1, 0.15) is 35.6 Å². The smallest absolute Gasteiger partial charge is 0.333 e. The van der Waals surface area contributed by atoms with Crippen LogP contribution < -0.4 is 5.32 Å². The maximum atomic E-state index is 12.7. The third-order valence-corrected chi connectivity index (χ3v) is 4.97. The second-order valence-electron chi connectivity index (χ2n) is 6.91. The summed E-state index contributed by atoms with van der Waals surface area (Å²) in [5.41, 5.74) is 3.69. The number of esters is 1. The van der Waals surface area contributed by atoms with Crippen molar-refractivity contribution >= 4 is 23.5 Å². The third-order valence-electron chi connectivity index (χ3n) is 4.97. The van der Waals surface area contributed by atoms with Crippen LogP contribution >= 0.6 is 0 Å². The molecule has 1 heterocycles. The number of benzene rings is 2. The first kappa shape index (κ1) is 19.6. The van der Waals surface area contributed by atoms with Crippen molar-refractivity contribution in [3.63, 3.8) is 0 Å². The van der Waals surface area contributed by atoms with Crippen LogP contribution in [0.4, 0.5) is 5.69 Å². The van der Waals surface area contributed by atoms with Gasteiger partial charge in [-0.15, -0.1) is 0 Å². The zero-order chi connectivity index (χ0) is 20.1. The van der Waals surface area contributed by atoms with Gasteiger partial charge in [0.05, 0.1) is 13.5 Å². The van der Waals surface area contributed by atoms with Crippen molar-refractivity contribution in [3.8, 4) is 0 Å². The number of rotatable bonds is 7. The van der Waals surface area contributed by atoms with E-state index in [4.69, 9.17) is 4.74 Å². The number of anilines is 1. The van der Waals surface area contributed by atoms with E-state index in [1.54, 1.807) is 7.05 Å². The van der Waals surface area contributed by atoms with Gasteiger partial charge in [0.2, 0.25) is 11.8 Å². The molecule has 1 atom stereocenters. The monoisotopic (exact) mass is 380 g/mol. The van der Waals surface area contributed by atoms with Crippen LogP contribution in [-0.4, -0.2) is 36.8 Å². The van der Waals surface area contributed by atoms with E-state index in [9.17, 15) is 14.4 Å². The molecule has 1 aliphatic rings. The van der Waals surface area contributed by atoms with Crippen LogP contribution in [-0.2, 0) is 32.0 Å². The Kier molecular flexibility index (Phi) is 6.09. The first-order valence-corrected chi connectivity index (χ1v) is 9.29. The lowest BCUT2D eigenvalue weighted by atomic mass is 10.0. The number of amides is 2. The Labute approximate surface area is 164 Å². The summed E-state index contributed by atoms with van der Waals surface area (Å²) in [6.07, 6.45) is 2.12. The minimum atomic E-state index is -0.754. The lowest BCUT2D eigenvalue weighted by Gasteiger charge is -2.26. The lowest BCUT2D eigenvalue weighted by molar-refractivity contribution is -0.152. The van der Waals surface area contributed by atoms with E-state index in [1.165, 1.54) is 12.0 Å². The highest BCUT2D eigenvalue weighted by Crippen LogP contribution is 2.25. The highest BCUT2D eigenvalue weighted by Gasteiger charge is 2.29. The zero-order valence-corrected chi connectivity index (χ0v) is 16.1. The molecule has 146 valence electrons. The van der Waals surface area contributed by atoms with E-state index in [0.717, 1.165) is 28.8 Å². The number of ether oxygens (including phenoxy) is 1. The molecule has 1 unspecified atom stereocenters. The molecular formula is C22H24N2O4. The fraction of sp³-hybridized carbons (Fsp3) is 0.318. The van der Waals surface area contributed by atoms with Crippen molar-refractivity contribution in [2.75, 3.05) is 19.5 Å². The third kappa shape index (κ3) is 4.39. The molecule has 2 aromatic carbocycles. The molecule has 1 aliphatic heterocycles. The fourth-order valence-electron chi connectivity index (χ4n) is 3.47. The van der Waals surface area contributed by atoms with Crippen molar-refractivity contribution in [3.05, 3.63) is 65.2 Å². The Hall–Kier alpha value is -3.15. The van der Waals surface area contributed by atoms with Crippen LogP contribution in [0.3, 0.4) is 0 Å². The first-order chi connectivity index (χ1) is 13.5. The minimum absolute atomic E-state index is 0.0127. The standard InChI is InChI=1S/C22H24N2O4/c1-24(21(22(27)28-2)16-8-4-3-5-9-16)20(26)10-6-7-15-11-12-18-17(13-15)14-19(25)23-18/h3-5,8-9,11-13,21H,6-7,10,14H2,1-2H3,(H,23,25). The van der Waals surface area contributed by atoms with Crippen LogP contribution in [0, 0.1) is 0 Å². The summed E-state index contributed by atoms with van der Waals surface area (Å²) in [6.45, 7) is 0. The molecule has 1 N–H and O–H groups in total. The summed E-state index contributed by atoms with van der Waals surface area (Å²) in [5, 5.41) is 2.81. The molecule has 6 nitrogen and oxygen atoms in total. The van der Waals surface area contributed by atoms with Gasteiger partial charge in [-0.25, -0.2) is 4.79 Å². The molecule has 2 amide bonds. The van der Waals surface area contributed by atoms with E-state index in [-0.39, 0.29) is 11.8 Å². The molecule has 28 heavy (non-hydrogen) atoms. The van der Waals surface area contributed by atoms with Crippen LogP contribution in [0.15, 0.2) is 48.5 Å². The fourth-order valence-corrected chi connectivity index (χ4v) is 3.47. The molecule has 3 rings (SSSR count). The molecular weight excluding hydrogens is 356 g/mol. The van der Waals surface area contributed by atoms with Gasteiger partial charge in [-0.2, -0.15) is 0 Å². The molecule has 0 bridgehead atoms. The number of methoxy groups -OCH3 is 1.